The highest BCUT2D eigenvalue weighted by Crippen LogP contribution is 2.32. The average molecular weight is 357 g/mol. The van der Waals surface area contributed by atoms with Gasteiger partial charge >= 0.3 is 0 Å². The van der Waals surface area contributed by atoms with Gasteiger partial charge < -0.3 is 5.73 Å². The van der Waals surface area contributed by atoms with E-state index in [9.17, 15) is 4.39 Å². The van der Waals surface area contributed by atoms with Gasteiger partial charge in [-0.25, -0.2) is 4.39 Å². The Hall–Kier alpha value is -0.750. The molecule has 0 bridgehead atoms. The molecule has 0 saturated heterocycles. The van der Waals surface area contributed by atoms with E-state index in [1.807, 2.05) is 32.2 Å². The minimum atomic E-state index is -0.206. The van der Waals surface area contributed by atoms with Gasteiger partial charge in [0, 0.05) is 17.5 Å². The van der Waals surface area contributed by atoms with E-state index in [0.717, 1.165) is 15.9 Å². The number of thiophene rings is 1. The topological polar surface area (TPSA) is 29.3 Å². The van der Waals surface area contributed by atoms with Gasteiger partial charge in [-0.15, -0.1) is 11.3 Å². The molecule has 1 aromatic heterocycles. The molecule has 2 atom stereocenters. The summed E-state index contributed by atoms with van der Waals surface area (Å²) in [6.07, 6.45) is 0. The van der Waals surface area contributed by atoms with Crippen molar-refractivity contribution in [3.8, 4) is 0 Å². The third kappa shape index (κ3) is 3.88. The molecule has 108 valence electrons. The van der Waals surface area contributed by atoms with Gasteiger partial charge in [-0.1, -0.05) is 12.1 Å². The number of rotatable bonds is 5. The number of nitrogens with zero attached hydrogens (tertiary/aromatic N) is 1. The van der Waals surface area contributed by atoms with Crippen LogP contribution >= 0.6 is 27.3 Å². The Kier molecular flexibility index (Phi) is 5.32. The fourth-order valence-electron chi connectivity index (χ4n) is 2.34. The Balaban J connectivity index is 2.15. The van der Waals surface area contributed by atoms with Gasteiger partial charge in [0.1, 0.15) is 5.82 Å². The third-order valence-corrected chi connectivity index (χ3v) is 4.90. The first kappa shape index (κ1) is 15.6. The molecular weight excluding hydrogens is 339 g/mol. The molecule has 0 spiro atoms. The van der Waals surface area contributed by atoms with E-state index in [4.69, 9.17) is 5.73 Å². The summed E-state index contributed by atoms with van der Waals surface area (Å²) < 4.78 is 14.0. The number of halogens is 2. The maximum Gasteiger partial charge on any atom is 0.123 e. The molecule has 0 aliphatic heterocycles. The van der Waals surface area contributed by atoms with E-state index in [0.29, 0.717) is 0 Å². The van der Waals surface area contributed by atoms with E-state index in [2.05, 4.69) is 26.9 Å². The molecule has 0 amide bonds. The Morgan fingerprint density at radius 2 is 1.90 bits per heavy atom. The molecule has 20 heavy (non-hydrogen) atoms. The summed E-state index contributed by atoms with van der Waals surface area (Å²) in [6.45, 7) is 2.75. The summed E-state index contributed by atoms with van der Waals surface area (Å²) in [7, 11) is 2.05. The summed E-state index contributed by atoms with van der Waals surface area (Å²) in [5.41, 5.74) is 7.23. The molecular formula is C15H18BrFN2S. The molecule has 2 N–H and O–H groups in total. The Morgan fingerprint density at radius 1 is 1.25 bits per heavy atom. The van der Waals surface area contributed by atoms with E-state index in [1.54, 1.807) is 11.3 Å². The van der Waals surface area contributed by atoms with Crippen molar-refractivity contribution in [1.29, 1.82) is 0 Å². The SMILES string of the molecule is CC(N)C(c1ccc(Br)s1)N(C)Cc1ccc(F)cc1. The van der Waals surface area contributed by atoms with E-state index in [1.165, 1.54) is 17.0 Å². The van der Waals surface area contributed by atoms with Crippen molar-refractivity contribution in [2.24, 2.45) is 5.73 Å². The number of hydrogen-bond donors (Lipinski definition) is 1. The second-order valence-corrected chi connectivity index (χ2v) is 7.48. The van der Waals surface area contributed by atoms with Crippen LogP contribution in [0.4, 0.5) is 4.39 Å². The summed E-state index contributed by atoms with van der Waals surface area (Å²) in [5.74, 6) is -0.206. The maximum absolute atomic E-state index is 12.9. The first-order valence-corrected chi connectivity index (χ1v) is 8.04. The molecule has 0 aliphatic rings. The largest absolute Gasteiger partial charge is 0.326 e. The average Bonchev–Trinajstić information content (AvgIpc) is 2.78. The fourth-order valence-corrected chi connectivity index (χ4v) is 4.05. The standard InChI is InChI=1S/C15H18BrFN2S/c1-10(18)15(13-7-8-14(16)20-13)19(2)9-11-3-5-12(17)6-4-11/h3-8,10,15H,9,18H2,1-2H3. The predicted molar refractivity (Wildman–Crippen MR) is 86.3 cm³/mol. The van der Waals surface area contributed by atoms with Gasteiger partial charge in [0.25, 0.3) is 0 Å². The quantitative estimate of drug-likeness (QED) is 0.870. The molecule has 1 aromatic carbocycles. The summed E-state index contributed by atoms with van der Waals surface area (Å²) in [4.78, 5) is 3.44. The lowest BCUT2D eigenvalue weighted by molar-refractivity contribution is 0.214. The maximum atomic E-state index is 12.9. The van der Waals surface area contributed by atoms with Crippen molar-refractivity contribution >= 4 is 27.3 Å². The zero-order valence-electron chi connectivity index (χ0n) is 11.5. The molecule has 2 aromatic rings. The molecule has 0 radical (unpaired) electrons. The van der Waals surface area contributed by atoms with Crippen molar-refractivity contribution < 1.29 is 4.39 Å². The number of hydrogen-bond acceptors (Lipinski definition) is 3. The van der Waals surface area contributed by atoms with Crippen LogP contribution in [0.2, 0.25) is 0 Å². The van der Waals surface area contributed by atoms with Crippen LogP contribution in [0.3, 0.4) is 0 Å². The van der Waals surface area contributed by atoms with Crippen LogP contribution in [0.15, 0.2) is 40.2 Å². The summed E-state index contributed by atoms with van der Waals surface area (Å²) >= 11 is 5.19. The van der Waals surface area contributed by atoms with Crippen molar-refractivity contribution in [1.82, 2.24) is 4.90 Å². The van der Waals surface area contributed by atoms with Gasteiger partial charge in [0.2, 0.25) is 0 Å². The van der Waals surface area contributed by atoms with Crippen LogP contribution in [0, 0.1) is 5.82 Å². The Bertz CT molecular complexity index is 553. The molecule has 0 aliphatic carbocycles. The minimum absolute atomic E-state index is 0.0194. The fraction of sp³-hybridized carbons (Fsp3) is 0.333. The predicted octanol–water partition coefficient (Wildman–Crippen LogP) is 4.17. The third-order valence-electron chi connectivity index (χ3n) is 3.20. The highest BCUT2D eigenvalue weighted by atomic mass is 79.9. The zero-order valence-corrected chi connectivity index (χ0v) is 13.9. The smallest absolute Gasteiger partial charge is 0.123 e. The number of benzene rings is 1. The van der Waals surface area contributed by atoms with Crippen LogP contribution in [0.25, 0.3) is 0 Å². The van der Waals surface area contributed by atoms with Crippen molar-refractivity contribution in [2.75, 3.05) is 7.05 Å². The second-order valence-electron chi connectivity index (χ2n) is 4.99. The van der Waals surface area contributed by atoms with Gasteiger partial charge in [0.15, 0.2) is 0 Å². The van der Waals surface area contributed by atoms with E-state index in [-0.39, 0.29) is 17.9 Å². The lowest BCUT2D eigenvalue weighted by Crippen LogP contribution is -2.36. The van der Waals surface area contributed by atoms with Crippen LogP contribution in [0.5, 0.6) is 0 Å². The van der Waals surface area contributed by atoms with Gasteiger partial charge in [-0.2, -0.15) is 0 Å². The lowest BCUT2D eigenvalue weighted by atomic mass is 10.1. The Morgan fingerprint density at radius 3 is 2.40 bits per heavy atom. The highest BCUT2D eigenvalue weighted by Gasteiger charge is 2.22. The molecule has 0 fully saturated rings. The van der Waals surface area contributed by atoms with Crippen LogP contribution < -0.4 is 5.73 Å². The second kappa shape index (κ2) is 6.80. The number of nitrogens with two attached hydrogens (primary N) is 1. The van der Waals surface area contributed by atoms with Gasteiger partial charge in [0.05, 0.1) is 9.83 Å². The molecule has 5 heteroatoms. The first-order chi connectivity index (χ1) is 9.47. The van der Waals surface area contributed by atoms with Crippen LogP contribution in [-0.4, -0.2) is 18.0 Å². The zero-order chi connectivity index (χ0) is 14.7. The minimum Gasteiger partial charge on any atom is -0.326 e. The molecule has 2 nitrogen and oxygen atoms in total. The van der Waals surface area contributed by atoms with E-state index < -0.39 is 0 Å². The first-order valence-electron chi connectivity index (χ1n) is 6.43. The van der Waals surface area contributed by atoms with Gasteiger partial charge in [-0.3, -0.25) is 4.90 Å². The monoisotopic (exact) mass is 356 g/mol. The summed E-state index contributed by atoms with van der Waals surface area (Å²) in [6, 6.07) is 10.9. The molecule has 2 rings (SSSR count). The molecule has 2 unspecified atom stereocenters. The lowest BCUT2D eigenvalue weighted by Gasteiger charge is -2.30. The normalized spacial score (nSPS) is 14.5. The van der Waals surface area contributed by atoms with Crippen LogP contribution in [0.1, 0.15) is 23.4 Å². The van der Waals surface area contributed by atoms with Crippen molar-refractivity contribution in [3.63, 3.8) is 0 Å². The van der Waals surface area contributed by atoms with Crippen LogP contribution in [-0.2, 0) is 6.54 Å². The number of likely N-dealkylation sites (N-methyl/N-ethyl adjacent to an activating group) is 1. The highest BCUT2D eigenvalue weighted by molar-refractivity contribution is 9.11. The molecule has 0 saturated carbocycles. The van der Waals surface area contributed by atoms with E-state index >= 15 is 0 Å². The van der Waals surface area contributed by atoms with Crippen molar-refractivity contribution in [3.05, 3.63) is 56.4 Å². The summed E-state index contributed by atoms with van der Waals surface area (Å²) in [5, 5.41) is 0. The molecule has 1 heterocycles. The van der Waals surface area contributed by atoms with Crippen molar-refractivity contribution in [2.45, 2.75) is 25.6 Å². The Labute approximate surface area is 131 Å². The van der Waals surface area contributed by atoms with Gasteiger partial charge in [-0.05, 0) is 59.7 Å².